The first-order chi connectivity index (χ1) is 9.95. The third kappa shape index (κ3) is 2.33. The second-order valence-electron chi connectivity index (χ2n) is 5.44. The number of phenols is 2. The number of aromatic hydroxyl groups is 2. The van der Waals surface area contributed by atoms with E-state index in [4.69, 9.17) is 4.74 Å². The highest BCUT2D eigenvalue weighted by Crippen LogP contribution is 2.40. The number of aryl methyl sites for hydroxylation is 2. The lowest BCUT2D eigenvalue weighted by Gasteiger charge is -2.26. The quantitative estimate of drug-likeness (QED) is 0.842. The molecule has 0 saturated carbocycles. The van der Waals surface area contributed by atoms with E-state index in [2.05, 4.69) is 0 Å². The molecule has 0 bridgehead atoms. The molecule has 1 aliphatic rings. The van der Waals surface area contributed by atoms with Crippen molar-refractivity contribution in [2.45, 2.75) is 26.4 Å². The summed E-state index contributed by atoms with van der Waals surface area (Å²) in [4.78, 5) is 12.3. The zero-order chi connectivity index (χ0) is 15.1. The van der Waals surface area contributed by atoms with Crippen LogP contribution >= 0.6 is 0 Å². The molecule has 1 atom stereocenters. The third-order valence-corrected chi connectivity index (χ3v) is 3.74. The predicted octanol–water partition coefficient (Wildman–Crippen LogP) is 3.42. The van der Waals surface area contributed by atoms with Crippen molar-refractivity contribution in [3.63, 3.8) is 0 Å². The average Bonchev–Trinajstić information content (AvgIpc) is 2.40. The summed E-state index contributed by atoms with van der Waals surface area (Å²) in [6.07, 6.45) is -0.223. The van der Waals surface area contributed by atoms with Gasteiger partial charge < -0.3 is 14.9 Å². The first-order valence-electron chi connectivity index (χ1n) is 6.78. The predicted molar refractivity (Wildman–Crippen MR) is 78.0 cm³/mol. The Morgan fingerprint density at radius 3 is 2.57 bits per heavy atom. The Morgan fingerprint density at radius 1 is 1.10 bits per heavy atom. The van der Waals surface area contributed by atoms with Gasteiger partial charge in [0, 0.05) is 0 Å². The number of hydrogen-bond acceptors (Lipinski definition) is 4. The molecular weight excluding hydrogens is 268 g/mol. The van der Waals surface area contributed by atoms with Crippen LogP contribution in [0.25, 0.3) is 0 Å². The van der Waals surface area contributed by atoms with Gasteiger partial charge in [0.05, 0.1) is 6.42 Å². The summed E-state index contributed by atoms with van der Waals surface area (Å²) in [6.45, 7) is 3.63. The Hall–Kier alpha value is -2.49. The van der Waals surface area contributed by atoms with Crippen molar-refractivity contribution < 1.29 is 19.7 Å². The Kier molecular flexibility index (Phi) is 3.09. The van der Waals surface area contributed by atoms with Crippen molar-refractivity contribution in [2.75, 3.05) is 0 Å². The molecule has 1 unspecified atom stereocenters. The van der Waals surface area contributed by atoms with Crippen LogP contribution in [0.2, 0.25) is 0 Å². The van der Waals surface area contributed by atoms with Crippen LogP contribution in [0.15, 0.2) is 30.3 Å². The Bertz CT molecular complexity index is 734. The van der Waals surface area contributed by atoms with Crippen LogP contribution in [-0.4, -0.2) is 16.0 Å². The molecular formula is C17H16O4. The van der Waals surface area contributed by atoms with Gasteiger partial charge in [-0.05, 0) is 54.8 Å². The highest BCUT2D eigenvalue weighted by Gasteiger charge is 2.30. The van der Waals surface area contributed by atoms with Gasteiger partial charge in [-0.3, -0.25) is 4.79 Å². The summed E-state index contributed by atoms with van der Waals surface area (Å²) in [5.74, 6) is 0.467. The van der Waals surface area contributed by atoms with E-state index in [1.165, 1.54) is 0 Å². The number of carbonyl (C=O) groups is 1. The van der Waals surface area contributed by atoms with Crippen LogP contribution < -0.4 is 4.74 Å². The zero-order valence-corrected chi connectivity index (χ0v) is 11.9. The van der Waals surface area contributed by atoms with E-state index in [1.807, 2.05) is 13.0 Å². The molecule has 4 heteroatoms. The summed E-state index contributed by atoms with van der Waals surface area (Å²) in [5.41, 5.74) is 2.67. The van der Waals surface area contributed by atoms with Gasteiger partial charge in [0.2, 0.25) is 0 Å². The normalized spacial score (nSPS) is 17.2. The molecule has 2 N–H and O–H groups in total. The van der Waals surface area contributed by atoms with Crippen LogP contribution in [0.1, 0.15) is 39.6 Å². The SMILES string of the molecule is Cc1cc(O)c2c(c1)OC(c1ccc(O)c(C)c1)CC2=O. The summed E-state index contributed by atoms with van der Waals surface area (Å²) < 4.78 is 5.88. The lowest BCUT2D eigenvalue weighted by Crippen LogP contribution is -2.20. The minimum absolute atomic E-state index is 0.0321. The fraction of sp³-hybridized carbons (Fsp3) is 0.235. The van der Waals surface area contributed by atoms with Gasteiger partial charge in [0.25, 0.3) is 0 Å². The van der Waals surface area contributed by atoms with E-state index in [0.29, 0.717) is 5.75 Å². The van der Waals surface area contributed by atoms with Gasteiger partial charge in [-0.15, -0.1) is 0 Å². The second-order valence-corrected chi connectivity index (χ2v) is 5.44. The van der Waals surface area contributed by atoms with Crippen molar-refractivity contribution in [2.24, 2.45) is 0 Å². The van der Waals surface area contributed by atoms with E-state index >= 15 is 0 Å². The molecule has 0 aromatic heterocycles. The monoisotopic (exact) mass is 284 g/mol. The van der Waals surface area contributed by atoms with E-state index in [1.54, 1.807) is 31.2 Å². The smallest absolute Gasteiger partial charge is 0.174 e. The molecule has 4 nitrogen and oxygen atoms in total. The van der Waals surface area contributed by atoms with Gasteiger partial charge in [0.15, 0.2) is 5.78 Å². The van der Waals surface area contributed by atoms with Crippen molar-refractivity contribution in [1.82, 2.24) is 0 Å². The highest BCUT2D eigenvalue weighted by atomic mass is 16.5. The van der Waals surface area contributed by atoms with Crippen LogP contribution in [0.5, 0.6) is 17.2 Å². The number of phenolic OH excluding ortho intramolecular Hbond substituents is 2. The van der Waals surface area contributed by atoms with Crippen molar-refractivity contribution in [1.29, 1.82) is 0 Å². The second kappa shape index (κ2) is 4.81. The topological polar surface area (TPSA) is 66.8 Å². The van der Waals surface area contributed by atoms with E-state index < -0.39 is 6.10 Å². The molecule has 0 spiro atoms. The Morgan fingerprint density at radius 2 is 1.86 bits per heavy atom. The van der Waals surface area contributed by atoms with Crippen molar-refractivity contribution in [3.05, 3.63) is 52.6 Å². The highest BCUT2D eigenvalue weighted by molar-refractivity contribution is 6.02. The molecule has 108 valence electrons. The summed E-state index contributed by atoms with van der Waals surface area (Å²) in [6, 6.07) is 8.48. The maximum Gasteiger partial charge on any atom is 0.174 e. The van der Waals surface area contributed by atoms with Crippen LogP contribution in [-0.2, 0) is 0 Å². The molecule has 0 radical (unpaired) electrons. The number of ether oxygens (including phenoxy) is 1. The van der Waals surface area contributed by atoms with Crippen LogP contribution in [0.3, 0.4) is 0 Å². The summed E-state index contributed by atoms with van der Waals surface area (Å²) >= 11 is 0. The average molecular weight is 284 g/mol. The lowest BCUT2D eigenvalue weighted by atomic mass is 9.94. The number of carbonyl (C=O) groups excluding carboxylic acids is 1. The summed E-state index contributed by atoms with van der Waals surface area (Å²) in [7, 11) is 0. The van der Waals surface area contributed by atoms with E-state index in [-0.39, 0.29) is 29.3 Å². The number of fused-ring (bicyclic) bond motifs is 1. The maximum absolute atomic E-state index is 12.3. The fourth-order valence-corrected chi connectivity index (χ4v) is 2.64. The molecule has 21 heavy (non-hydrogen) atoms. The first kappa shape index (κ1) is 13.5. The first-order valence-corrected chi connectivity index (χ1v) is 6.78. The lowest BCUT2D eigenvalue weighted by molar-refractivity contribution is 0.0845. The third-order valence-electron chi connectivity index (χ3n) is 3.74. The molecule has 0 amide bonds. The van der Waals surface area contributed by atoms with Crippen LogP contribution in [0.4, 0.5) is 0 Å². The van der Waals surface area contributed by atoms with E-state index in [9.17, 15) is 15.0 Å². The number of rotatable bonds is 1. The van der Waals surface area contributed by atoms with Gasteiger partial charge in [-0.2, -0.15) is 0 Å². The van der Waals surface area contributed by atoms with E-state index in [0.717, 1.165) is 16.7 Å². The minimum atomic E-state index is -0.398. The van der Waals surface area contributed by atoms with Crippen LogP contribution in [0, 0.1) is 13.8 Å². The molecule has 2 aromatic carbocycles. The molecule has 0 aliphatic carbocycles. The maximum atomic E-state index is 12.3. The Balaban J connectivity index is 2.01. The van der Waals surface area contributed by atoms with Crippen molar-refractivity contribution in [3.8, 4) is 17.2 Å². The number of benzene rings is 2. The molecule has 1 heterocycles. The van der Waals surface area contributed by atoms with Gasteiger partial charge in [0.1, 0.15) is 28.9 Å². The minimum Gasteiger partial charge on any atom is -0.508 e. The van der Waals surface area contributed by atoms with Gasteiger partial charge in [-0.1, -0.05) is 6.07 Å². The van der Waals surface area contributed by atoms with Gasteiger partial charge in [-0.25, -0.2) is 0 Å². The Labute approximate surface area is 122 Å². The zero-order valence-electron chi connectivity index (χ0n) is 11.9. The van der Waals surface area contributed by atoms with Crippen molar-refractivity contribution >= 4 is 5.78 Å². The number of Topliss-reactive ketones (excluding diaryl/α,β-unsaturated/α-hetero) is 1. The summed E-state index contributed by atoms with van der Waals surface area (Å²) in [5, 5.41) is 19.5. The fourth-order valence-electron chi connectivity index (χ4n) is 2.64. The largest absolute Gasteiger partial charge is 0.508 e. The molecule has 3 rings (SSSR count). The number of hydrogen-bond donors (Lipinski definition) is 2. The molecule has 1 aliphatic heterocycles. The molecule has 0 fully saturated rings. The molecule has 0 saturated heterocycles. The van der Waals surface area contributed by atoms with Gasteiger partial charge >= 0.3 is 0 Å². The molecule has 2 aromatic rings. The standard InChI is InChI=1S/C17H16O4/c1-9-5-13(19)17-14(20)8-15(21-16(17)6-9)11-3-4-12(18)10(2)7-11/h3-7,15,18-19H,8H2,1-2H3. The number of ketones is 1.